The Morgan fingerprint density at radius 3 is 1.34 bits per heavy atom. The van der Waals surface area contributed by atoms with Crippen LogP contribution in [0.5, 0.6) is 17.2 Å². The van der Waals surface area contributed by atoms with Crippen molar-refractivity contribution in [1.82, 2.24) is 68.1 Å². The van der Waals surface area contributed by atoms with Gasteiger partial charge in [0.15, 0.2) is 11.6 Å². The Hall–Kier alpha value is -11.2. The molecule has 3 aliphatic heterocycles. The smallest absolute Gasteiger partial charge is 0.256 e. The number of benzene rings is 4. The molecular weight excluding hydrogens is 1260 g/mol. The van der Waals surface area contributed by atoms with Crippen molar-refractivity contribution in [2.75, 3.05) is 64.0 Å². The first-order valence-electron chi connectivity index (χ1n) is 31.1. The predicted octanol–water partition coefficient (Wildman–Crippen LogP) is 11.8. The molecule has 12 aromatic rings. The van der Waals surface area contributed by atoms with Gasteiger partial charge in [-0.15, -0.1) is 0 Å². The van der Waals surface area contributed by atoms with E-state index < -0.39 is 17.5 Å². The lowest BCUT2D eigenvalue weighted by Gasteiger charge is -2.14. The van der Waals surface area contributed by atoms with E-state index in [9.17, 15) is 26.7 Å². The van der Waals surface area contributed by atoms with Crippen molar-refractivity contribution in [2.24, 2.45) is 0 Å². The highest BCUT2D eigenvalue weighted by Crippen LogP contribution is 2.37. The standard InChI is InChI=1S/C25H22F3N5O2.C24H24F2N6O.C21H19FN6O/c1-13-12-33-23(31-13)18(15-4-5-16(22(28)21(15)27)24(34)32(2)3)11-30-25(33)29-10-17-14-8-9-35-20(14)7-6-19(17)26;1-14-12-32-23(30-14)17(15-8-20(26)21(27-9-15)13-31(2)3)10-28-24(32)29-11-18-16-6-7-33-22(16)5-4-19(18)25;1-12-7-14(8-25-27-12)16-9-23-21(28-11-13(2)26-20(16)28)24-10-17-15-5-6-29-19(15)4-3-18(17)22/h4-7,11-12H,8-10H2,1-3H3,(H,29,30);4-5,8-10,12H,6-7,11,13H2,1-3H3,(H,28,29);3-4,7-9,11H,5-6,10H2,1-2H3,(H,23,24). The number of anilines is 3. The van der Waals surface area contributed by atoms with Crippen LogP contribution in [0.1, 0.15) is 72.2 Å². The summed E-state index contributed by atoms with van der Waals surface area (Å²) in [5.41, 5.74) is 12.3. The van der Waals surface area contributed by atoms with Crippen LogP contribution < -0.4 is 30.2 Å². The first-order chi connectivity index (χ1) is 46.8. The molecule has 15 rings (SSSR count). The molecule has 0 radical (unpaired) electrons. The number of carbonyl (C=O) groups excluding carboxylic acids is 1. The van der Waals surface area contributed by atoms with Gasteiger partial charge in [0.1, 0.15) is 57.5 Å². The molecule has 3 aliphatic rings. The van der Waals surface area contributed by atoms with Crippen molar-refractivity contribution in [2.45, 2.75) is 73.1 Å². The fourth-order valence-electron chi connectivity index (χ4n) is 12.1. The molecular formula is C70H65F6N17O4. The third-order valence-electron chi connectivity index (χ3n) is 16.7. The average Bonchev–Trinajstić information content (AvgIpc) is 1.75. The molecule has 0 fully saturated rings. The van der Waals surface area contributed by atoms with E-state index in [1.54, 1.807) is 64.9 Å². The Bertz CT molecular complexity index is 5060. The molecule has 97 heavy (non-hydrogen) atoms. The number of halogens is 6. The zero-order chi connectivity index (χ0) is 67.9. The Kier molecular flexibility index (Phi) is 17.9. The highest BCUT2D eigenvalue weighted by Gasteiger charge is 2.27. The topological polar surface area (TPSA) is 217 Å². The third kappa shape index (κ3) is 13.0. The van der Waals surface area contributed by atoms with E-state index in [0.717, 1.165) is 62.0 Å². The van der Waals surface area contributed by atoms with Gasteiger partial charge in [-0.25, -0.2) is 56.2 Å². The van der Waals surface area contributed by atoms with Crippen LogP contribution >= 0.6 is 0 Å². The maximum Gasteiger partial charge on any atom is 0.256 e. The second-order valence-corrected chi connectivity index (χ2v) is 24.0. The number of pyridine rings is 1. The van der Waals surface area contributed by atoms with Crippen LogP contribution in [0.3, 0.4) is 0 Å². The molecule has 1 amide bonds. The normalized spacial score (nSPS) is 12.7. The molecule has 0 bridgehead atoms. The number of ether oxygens (including phenoxy) is 3. The van der Waals surface area contributed by atoms with E-state index >= 15 is 4.39 Å². The third-order valence-corrected chi connectivity index (χ3v) is 16.7. The second-order valence-electron chi connectivity index (χ2n) is 24.0. The van der Waals surface area contributed by atoms with E-state index in [1.165, 1.54) is 61.6 Å². The van der Waals surface area contributed by atoms with E-state index in [0.29, 0.717) is 126 Å². The van der Waals surface area contributed by atoms with Gasteiger partial charge in [-0.05, 0) is 96.4 Å². The maximum absolute atomic E-state index is 15.1. The van der Waals surface area contributed by atoms with Crippen LogP contribution in [0.4, 0.5) is 44.2 Å². The number of amides is 1. The predicted molar refractivity (Wildman–Crippen MR) is 352 cm³/mol. The Morgan fingerprint density at radius 1 is 0.485 bits per heavy atom. The molecule has 496 valence electrons. The molecule has 8 aromatic heterocycles. The van der Waals surface area contributed by atoms with Gasteiger partial charge in [0.05, 0.1) is 60.1 Å². The van der Waals surface area contributed by atoms with Gasteiger partial charge in [-0.1, -0.05) is 6.07 Å². The molecule has 0 unspecified atom stereocenters. The van der Waals surface area contributed by atoms with Gasteiger partial charge in [-0.3, -0.25) is 23.0 Å². The summed E-state index contributed by atoms with van der Waals surface area (Å²) in [6, 6.07) is 15.2. The monoisotopic (exact) mass is 1320 g/mol. The summed E-state index contributed by atoms with van der Waals surface area (Å²) >= 11 is 0. The minimum Gasteiger partial charge on any atom is -0.493 e. The Labute approximate surface area is 552 Å². The minimum absolute atomic E-state index is 0.0727. The van der Waals surface area contributed by atoms with Gasteiger partial charge >= 0.3 is 0 Å². The number of aryl methyl sites for hydroxylation is 4. The number of carbonyl (C=O) groups is 1. The van der Waals surface area contributed by atoms with E-state index in [-0.39, 0.29) is 53.0 Å². The van der Waals surface area contributed by atoms with Gasteiger partial charge < -0.3 is 40.0 Å². The maximum atomic E-state index is 15.1. The highest BCUT2D eigenvalue weighted by atomic mass is 19.2. The minimum atomic E-state index is -1.24. The largest absolute Gasteiger partial charge is 0.493 e. The van der Waals surface area contributed by atoms with E-state index in [1.807, 2.05) is 62.6 Å². The van der Waals surface area contributed by atoms with Crippen LogP contribution in [-0.4, -0.2) is 122 Å². The summed E-state index contributed by atoms with van der Waals surface area (Å²) in [6.07, 6.45) is 15.6. The number of imidazole rings is 3. The van der Waals surface area contributed by atoms with Crippen LogP contribution in [0.15, 0.2) is 110 Å². The number of aromatic nitrogens is 12. The van der Waals surface area contributed by atoms with Gasteiger partial charge in [0, 0.05) is 170 Å². The number of fused-ring (bicyclic) bond motifs is 6. The molecule has 3 N–H and O–H groups in total. The van der Waals surface area contributed by atoms with E-state index in [2.05, 4.69) is 61.0 Å². The molecule has 0 atom stereocenters. The fourth-order valence-corrected chi connectivity index (χ4v) is 12.1. The van der Waals surface area contributed by atoms with Gasteiger partial charge in [0.2, 0.25) is 17.8 Å². The van der Waals surface area contributed by atoms with Crippen LogP contribution in [0.25, 0.3) is 50.3 Å². The summed E-state index contributed by atoms with van der Waals surface area (Å²) in [7, 11) is 6.65. The molecule has 27 heteroatoms. The summed E-state index contributed by atoms with van der Waals surface area (Å²) in [5.74, 6) is -0.644. The van der Waals surface area contributed by atoms with Crippen molar-refractivity contribution >= 4 is 40.7 Å². The highest BCUT2D eigenvalue weighted by molar-refractivity contribution is 5.95. The molecule has 11 heterocycles. The molecule has 0 spiro atoms. The molecule has 21 nitrogen and oxygen atoms in total. The van der Waals surface area contributed by atoms with Crippen molar-refractivity contribution in [3.8, 4) is 50.6 Å². The zero-order valence-corrected chi connectivity index (χ0v) is 54.1. The lowest BCUT2D eigenvalue weighted by molar-refractivity contribution is 0.0822. The molecule has 0 aliphatic carbocycles. The SMILES string of the molecule is Cc1cc(-c2cnc(NCc3c(F)ccc4c3CCO4)n3cc(C)nc23)cnn1.Cc1cn2c(NCc3c(F)ccc4c3CCO4)ncc(-c3ccc(C(=O)N(C)C)c(F)c3F)c2n1.Cc1cn2c(NCc3c(F)ccc4c3CCO4)ncc(-c3cnc(CN(C)C)c(F)c3)c2n1. The average molecular weight is 1320 g/mol. The van der Waals surface area contributed by atoms with Gasteiger partial charge in [-0.2, -0.15) is 10.2 Å². The quantitative estimate of drug-likeness (QED) is 0.0813. The van der Waals surface area contributed by atoms with Gasteiger partial charge in [0.25, 0.3) is 5.91 Å². The summed E-state index contributed by atoms with van der Waals surface area (Å²) in [4.78, 5) is 46.7. The summed E-state index contributed by atoms with van der Waals surface area (Å²) < 4.78 is 110. The van der Waals surface area contributed by atoms with Crippen molar-refractivity contribution in [3.63, 3.8) is 0 Å². The van der Waals surface area contributed by atoms with Crippen molar-refractivity contribution in [1.29, 1.82) is 0 Å². The van der Waals surface area contributed by atoms with Crippen molar-refractivity contribution < 1.29 is 45.3 Å². The Balaban J connectivity index is 0.000000132. The number of rotatable bonds is 15. The van der Waals surface area contributed by atoms with E-state index in [4.69, 9.17) is 14.2 Å². The molecule has 0 saturated heterocycles. The first-order valence-corrected chi connectivity index (χ1v) is 31.1. The van der Waals surface area contributed by atoms with Crippen molar-refractivity contribution in [3.05, 3.63) is 213 Å². The number of nitrogens with zero attached hydrogens (tertiary/aromatic N) is 14. The molecule has 0 saturated carbocycles. The van der Waals surface area contributed by atoms with Crippen LogP contribution in [0, 0.1) is 62.6 Å². The summed E-state index contributed by atoms with van der Waals surface area (Å²) in [6.45, 7) is 10.2. The fraction of sp³-hybridized carbons (Fsp3) is 0.257. The lowest BCUT2D eigenvalue weighted by Crippen LogP contribution is -2.23. The van der Waals surface area contributed by atoms with Crippen LogP contribution in [0.2, 0.25) is 0 Å². The summed E-state index contributed by atoms with van der Waals surface area (Å²) in [5, 5.41) is 17.7. The lowest BCUT2D eigenvalue weighted by atomic mass is 10.0. The molecule has 4 aromatic carbocycles. The number of nitrogens with one attached hydrogen (secondary N) is 3. The first kappa shape index (κ1) is 64.5. The second kappa shape index (κ2) is 26.9. The number of hydrogen-bond donors (Lipinski definition) is 3. The number of hydrogen-bond acceptors (Lipinski definition) is 17. The zero-order valence-electron chi connectivity index (χ0n) is 54.1. The van der Waals surface area contributed by atoms with Crippen LogP contribution in [-0.2, 0) is 45.4 Å². The Morgan fingerprint density at radius 2 is 0.918 bits per heavy atom.